The molecule has 0 radical (unpaired) electrons. The maximum absolute atomic E-state index is 12.8. The van der Waals surface area contributed by atoms with Crippen LogP contribution in [0, 0.1) is 0 Å². The SMILES string of the molecule is CCCOc1cccc(C(O)=C2C(=O)C(=O)N(CCOC)C2c2ccncc2)c1. The van der Waals surface area contributed by atoms with E-state index in [0.717, 1.165) is 6.42 Å². The van der Waals surface area contributed by atoms with Crippen LogP contribution < -0.4 is 4.74 Å². The maximum Gasteiger partial charge on any atom is 0.295 e. The Labute approximate surface area is 169 Å². The first-order chi connectivity index (χ1) is 14.1. The molecule has 0 saturated carbocycles. The van der Waals surface area contributed by atoms with Crippen LogP contribution in [0.4, 0.5) is 0 Å². The fraction of sp³-hybridized carbons (Fsp3) is 0.318. The monoisotopic (exact) mass is 396 g/mol. The largest absolute Gasteiger partial charge is 0.507 e. The number of benzene rings is 1. The van der Waals surface area contributed by atoms with E-state index in [4.69, 9.17) is 9.47 Å². The van der Waals surface area contributed by atoms with Gasteiger partial charge in [-0.3, -0.25) is 14.6 Å². The summed E-state index contributed by atoms with van der Waals surface area (Å²) in [5, 5.41) is 11.0. The van der Waals surface area contributed by atoms with Gasteiger partial charge in [0.1, 0.15) is 11.5 Å². The number of carbonyl (C=O) groups excluding carboxylic acids is 2. The molecule has 7 heteroatoms. The van der Waals surface area contributed by atoms with Crippen LogP contribution in [0.3, 0.4) is 0 Å². The van der Waals surface area contributed by atoms with Crippen molar-refractivity contribution in [2.75, 3.05) is 26.9 Å². The van der Waals surface area contributed by atoms with Crippen LogP contribution >= 0.6 is 0 Å². The molecule has 2 aromatic rings. The lowest BCUT2D eigenvalue weighted by molar-refractivity contribution is -0.140. The average molecular weight is 396 g/mol. The van der Waals surface area contributed by atoms with E-state index in [2.05, 4.69) is 4.98 Å². The summed E-state index contributed by atoms with van der Waals surface area (Å²) >= 11 is 0. The Kier molecular flexibility index (Phi) is 6.61. The van der Waals surface area contributed by atoms with Gasteiger partial charge in [0.2, 0.25) is 0 Å². The van der Waals surface area contributed by atoms with Crippen molar-refractivity contribution in [3.05, 3.63) is 65.5 Å². The molecule has 0 spiro atoms. The molecule has 1 saturated heterocycles. The summed E-state index contributed by atoms with van der Waals surface area (Å²) in [7, 11) is 1.53. The van der Waals surface area contributed by atoms with Gasteiger partial charge in [-0.1, -0.05) is 19.1 Å². The number of rotatable bonds is 8. The zero-order chi connectivity index (χ0) is 20.8. The van der Waals surface area contributed by atoms with Gasteiger partial charge in [0.05, 0.1) is 24.8 Å². The molecular formula is C22H24N2O5. The fourth-order valence-electron chi connectivity index (χ4n) is 3.30. The van der Waals surface area contributed by atoms with Crippen LogP contribution in [0.5, 0.6) is 5.75 Å². The van der Waals surface area contributed by atoms with Crippen molar-refractivity contribution in [2.24, 2.45) is 0 Å². The van der Waals surface area contributed by atoms with Gasteiger partial charge in [-0.2, -0.15) is 0 Å². The number of nitrogens with zero attached hydrogens (tertiary/aromatic N) is 2. The zero-order valence-corrected chi connectivity index (χ0v) is 16.5. The minimum atomic E-state index is -0.722. The van der Waals surface area contributed by atoms with E-state index in [1.54, 1.807) is 48.8 Å². The van der Waals surface area contributed by atoms with Gasteiger partial charge in [-0.25, -0.2) is 0 Å². The van der Waals surface area contributed by atoms with Crippen molar-refractivity contribution in [1.29, 1.82) is 0 Å². The zero-order valence-electron chi connectivity index (χ0n) is 16.5. The highest BCUT2D eigenvalue weighted by molar-refractivity contribution is 6.46. The molecule has 0 aliphatic carbocycles. The summed E-state index contributed by atoms with van der Waals surface area (Å²) in [5.41, 5.74) is 1.16. The first-order valence-corrected chi connectivity index (χ1v) is 9.49. The third-order valence-corrected chi connectivity index (χ3v) is 4.68. The van der Waals surface area contributed by atoms with Crippen molar-refractivity contribution < 1.29 is 24.2 Å². The van der Waals surface area contributed by atoms with Crippen molar-refractivity contribution >= 4 is 17.4 Å². The lowest BCUT2D eigenvalue weighted by Crippen LogP contribution is -2.32. The lowest BCUT2D eigenvalue weighted by Gasteiger charge is -2.24. The second kappa shape index (κ2) is 9.34. The van der Waals surface area contributed by atoms with E-state index >= 15 is 0 Å². The number of amides is 1. The van der Waals surface area contributed by atoms with Gasteiger partial charge < -0.3 is 19.5 Å². The predicted molar refractivity (Wildman–Crippen MR) is 107 cm³/mol. The summed E-state index contributed by atoms with van der Waals surface area (Å²) in [6.07, 6.45) is 4.03. The quantitative estimate of drug-likeness (QED) is 0.419. The molecule has 1 aliphatic rings. The van der Waals surface area contributed by atoms with Gasteiger partial charge >= 0.3 is 0 Å². The molecule has 152 valence electrons. The number of aliphatic hydroxyl groups is 1. The van der Waals surface area contributed by atoms with Crippen LogP contribution in [-0.2, 0) is 14.3 Å². The number of hydrogen-bond donors (Lipinski definition) is 1. The molecule has 0 bridgehead atoms. The van der Waals surface area contributed by atoms with Crippen LogP contribution in [0.25, 0.3) is 5.76 Å². The Balaban J connectivity index is 2.08. The number of aromatic nitrogens is 1. The third kappa shape index (κ3) is 4.30. The molecular weight excluding hydrogens is 372 g/mol. The highest BCUT2D eigenvalue weighted by Gasteiger charge is 2.45. The van der Waals surface area contributed by atoms with Crippen LogP contribution in [0.1, 0.15) is 30.5 Å². The van der Waals surface area contributed by atoms with E-state index in [1.165, 1.54) is 12.0 Å². The summed E-state index contributed by atoms with van der Waals surface area (Å²) < 4.78 is 10.7. The number of hydrogen-bond acceptors (Lipinski definition) is 6. The summed E-state index contributed by atoms with van der Waals surface area (Å²) in [5.74, 6) is -1.03. The molecule has 3 rings (SSSR count). The van der Waals surface area contributed by atoms with Gasteiger partial charge in [0.25, 0.3) is 11.7 Å². The van der Waals surface area contributed by atoms with Crippen LogP contribution in [0.2, 0.25) is 0 Å². The molecule has 1 amide bonds. The number of methoxy groups -OCH3 is 1. The minimum absolute atomic E-state index is 0.0462. The Morgan fingerprint density at radius 3 is 2.62 bits per heavy atom. The summed E-state index contributed by atoms with van der Waals surface area (Å²) in [6.45, 7) is 3.04. The van der Waals surface area contributed by atoms with Crippen molar-refractivity contribution in [1.82, 2.24) is 9.88 Å². The maximum atomic E-state index is 12.8. The lowest BCUT2D eigenvalue weighted by atomic mass is 9.96. The van der Waals surface area contributed by atoms with Crippen LogP contribution in [-0.4, -0.2) is 53.5 Å². The topological polar surface area (TPSA) is 89.0 Å². The van der Waals surface area contributed by atoms with Gasteiger partial charge in [0, 0.05) is 31.6 Å². The van der Waals surface area contributed by atoms with E-state index in [1.807, 2.05) is 6.92 Å². The molecule has 29 heavy (non-hydrogen) atoms. The van der Waals surface area contributed by atoms with Crippen LogP contribution in [0.15, 0.2) is 54.4 Å². The van der Waals surface area contributed by atoms with Crippen molar-refractivity contribution in [3.8, 4) is 5.75 Å². The Morgan fingerprint density at radius 1 is 1.17 bits per heavy atom. The first kappa shape index (κ1) is 20.5. The Bertz CT molecular complexity index is 910. The number of ether oxygens (including phenoxy) is 2. The molecule has 1 atom stereocenters. The van der Waals surface area contributed by atoms with Gasteiger partial charge in [-0.05, 0) is 36.2 Å². The Hall–Kier alpha value is -3.19. The van der Waals surface area contributed by atoms with E-state index in [0.29, 0.717) is 23.5 Å². The predicted octanol–water partition coefficient (Wildman–Crippen LogP) is 2.94. The third-order valence-electron chi connectivity index (χ3n) is 4.68. The molecule has 1 aliphatic heterocycles. The number of Topliss-reactive ketones (excluding diaryl/α,β-unsaturated/α-hetero) is 1. The molecule has 1 aromatic carbocycles. The fourth-order valence-corrected chi connectivity index (χ4v) is 3.30. The highest BCUT2D eigenvalue weighted by Crippen LogP contribution is 2.39. The normalized spacial score (nSPS) is 18.3. The molecule has 1 unspecified atom stereocenters. The van der Waals surface area contributed by atoms with Gasteiger partial charge in [-0.15, -0.1) is 0 Å². The summed E-state index contributed by atoms with van der Waals surface area (Å²) in [4.78, 5) is 30.9. The number of ketones is 1. The smallest absolute Gasteiger partial charge is 0.295 e. The van der Waals surface area contributed by atoms with E-state index < -0.39 is 17.7 Å². The number of pyridine rings is 1. The molecule has 7 nitrogen and oxygen atoms in total. The molecule has 1 fully saturated rings. The first-order valence-electron chi connectivity index (χ1n) is 9.49. The number of aliphatic hydroxyl groups excluding tert-OH is 1. The minimum Gasteiger partial charge on any atom is -0.507 e. The van der Waals surface area contributed by atoms with E-state index in [-0.39, 0.29) is 24.5 Å². The highest BCUT2D eigenvalue weighted by atomic mass is 16.5. The second-order valence-electron chi connectivity index (χ2n) is 6.64. The second-order valence-corrected chi connectivity index (χ2v) is 6.64. The number of carbonyl (C=O) groups is 2. The number of likely N-dealkylation sites (tertiary alicyclic amines) is 1. The standard InChI is InChI=1S/C22H24N2O5/c1-3-12-29-17-6-4-5-16(14-17)20(25)18-19(15-7-9-23-10-8-15)24(11-13-28-2)22(27)21(18)26/h4-10,14,19,25H,3,11-13H2,1-2H3. The van der Waals surface area contributed by atoms with Crippen molar-refractivity contribution in [3.63, 3.8) is 0 Å². The Morgan fingerprint density at radius 2 is 1.93 bits per heavy atom. The van der Waals surface area contributed by atoms with E-state index in [9.17, 15) is 14.7 Å². The van der Waals surface area contributed by atoms with Crippen molar-refractivity contribution in [2.45, 2.75) is 19.4 Å². The average Bonchev–Trinajstić information content (AvgIpc) is 3.01. The molecule has 2 heterocycles. The summed E-state index contributed by atoms with van der Waals surface area (Å²) in [6, 6.07) is 9.60. The molecule has 1 aromatic heterocycles. The molecule has 1 N–H and O–H groups in total. The van der Waals surface area contributed by atoms with Gasteiger partial charge in [0.15, 0.2) is 0 Å².